The minimum Gasteiger partial charge on any atom is -0.496 e. The van der Waals surface area contributed by atoms with Gasteiger partial charge in [0.15, 0.2) is 0 Å². The number of ether oxygens (including phenoxy) is 1. The number of nitrogens with zero attached hydrogens (tertiary/aromatic N) is 2. The summed E-state index contributed by atoms with van der Waals surface area (Å²) in [6.07, 6.45) is 5.28. The summed E-state index contributed by atoms with van der Waals surface area (Å²) in [7, 11) is 1.63. The number of pyridine rings is 1. The van der Waals surface area contributed by atoms with Crippen LogP contribution < -0.4 is 10.1 Å². The van der Waals surface area contributed by atoms with Crippen LogP contribution in [0.1, 0.15) is 31.5 Å². The Bertz CT molecular complexity index is 878. The third-order valence-corrected chi connectivity index (χ3v) is 5.27. The van der Waals surface area contributed by atoms with Crippen molar-refractivity contribution in [3.63, 3.8) is 0 Å². The molecule has 0 atom stereocenters. The molecule has 0 fully saturated rings. The van der Waals surface area contributed by atoms with E-state index in [0.29, 0.717) is 11.4 Å². The molecule has 3 rings (SSSR count). The first-order chi connectivity index (χ1) is 12.7. The Labute approximate surface area is 157 Å². The van der Waals surface area contributed by atoms with E-state index in [2.05, 4.69) is 15.3 Å². The fourth-order valence-electron chi connectivity index (χ4n) is 2.68. The number of aromatic nitrogens is 2. The summed E-state index contributed by atoms with van der Waals surface area (Å²) in [5.74, 6) is 0.674. The molecular formula is C20H21N3O2S. The van der Waals surface area contributed by atoms with Gasteiger partial charge < -0.3 is 10.1 Å². The predicted octanol–water partition coefficient (Wildman–Crippen LogP) is 3.57. The highest BCUT2D eigenvalue weighted by Crippen LogP contribution is 2.21. The summed E-state index contributed by atoms with van der Waals surface area (Å²) >= 11 is 1.46. The molecule has 26 heavy (non-hydrogen) atoms. The van der Waals surface area contributed by atoms with Crippen molar-refractivity contribution in [1.29, 1.82) is 0 Å². The number of benzene rings is 1. The summed E-state index contributed by atoms with van der Waals surface area (Å²) in [6, 6.07) is 11.7. The standard InChI is InChI=1S/C20H21N3O2S/c1-14-19(20(24)22-13-16-5-3-4-6-17(16)25-2)26-18(23-14)8-7-15-9-11-21-12-10-15/h3-6,9-12H,7-8,13H2,1-2H3,(H,22,24). The number of carbonyl (C=O) groups is 1. The number of rotatable bonds is 7. The van der Waals surface area contributed by atoms with Gasteiger partial charge in [-0.15, -0.1) is 11.3 Å². The fourth-order valence-corrected chi connectivity index (χ4v) is 3.66. The lowest BCUT2D eigenvalue weighted by Gasteiger charge is -2.09. The number of hydrogen-bond donors (Lipinski definition) is 1. The van der Waals surface area contributed by atoms with Crippen LogP contribution in [0.15, 0.2) is 48.8 Å². The first-order valence-electron chi connectivity index (χ1n) is 8.42. The minimum absolute atomic E-state index is 0.0962. The Hall–Kier alpha value is -2.73. The predicted molar refractivity (Wildman–Crippen MR) is 103 cm³/mol. The molecule has 5 nitrogen and oxygen atoms in total. The molecular weight excluding hydrogens is 346 g/mol. The van der Waals surface area contributed by atoms with Crippen LogP contribution in [-0.2, 0) is 19.4 Å². The maximum atomic E-state index is 12.5. The minimum atomic E-state index is -0.0962. The van der Waals surface area contributed by atoms with Crippen LogP contribution in [0.25, 0.3) is 0 Å². The van der Waals surface area contributed by atoms with Crippen LogP contribution in [0.3, 0.4) is 0 Å². The molecule has 0 aliphatic carbocycles. The number of nitrogens with one attached hydrogen (secondary N) is 1. The molecule has 134 valence electrons. The first kappa shape index (κ1) is 18.1. The van der Waals surface area contributed by atoms with Gasteiger partial charge in [0.2, 0.25) is 0 Å². The van der Waals surface area contributed by atoms with Crippen LogP contribution in [-0.4, -0.2) is 23.0 Å². The van der Waals surface area contributed by atoms with Crippen LogP contribution in [0.2, 0.25) is 0 Å². The number of aryl methyl sites for hydroxylation is 3. The lowest BCUT2D eigenvalue weighted by molar-refractivity contribution is 0.0954. The van der Waals surface area contributed by atoms with Crippen LogP contribution in [0.5, 0.6) is 5.75 Å². The SMILES string of the molecule is COc1ccccc1CNC(=O)c1sc(CCc2ccncc2)nc1C. The van der Waals surface area contributed by atoms with Gasteiger partial charge in [0.25, 0.3) is 5.91 Å². The normalized spacial score (nSPS) is 10.5. The van der Waals surface area contributed by atoms with E-state index in [1.807, 2.05) is 43.3 Å². The van der Waals surface area contributed by atoms with Crippen molar-refractivity contribution < 1.29 is 9.53 Å². The van der Waals surface area contributed by atoms with Gasteiger partial charge >= 0.3 is 0 Å². The van der Waals surface area contributed by atoms with Gasteiger partial charge in [0, 0.05) is 30.9 Å². The van der Waals surface area contributed by atoms with E-state index in [1.54, 1.807) is 19.5 Å². The quantitative estimate of drug-likeness (QED) is 0.693. The van der Waals surface area contributed by atoms with E-state index >= 15 is 0 Å². The molecule has 1 aromatic carbocycles. The number of methoxy groups -OCH3 is 1. The largest absolute Gasteiger partial charge is 0.496 e. The number of para-hydroxylation sites is 1. The Morgan fingerprint density at radius 2 is 1.92 bits per heavy atom. The Balaban J connectivity index is 1.62. The highest BCUT2D eigenvalue weighted by molar-refractivity contribution is 7.13. The monoisotopic (exact) mass is 367 g/mol. The Kier molecular flexibility index (Phi) is 5.96. The van der Waals surface area contributed by atoms with E-state index in [4.69, 9.17) is 4.74 Å². The molecule has 3 aromatic rings. The molecule has 0 bridgehead atoms. The zero-order chi connectivity index (χ0) is 18.4. The molecule has 0 radical (unpaired) electrons. The Morgan fingerprint density at radius 1 is 1.15 bits per heavy atom. The van der Waals surface area contributed by atoms with Gasteiger partial charge in [0.05, 0.1) is 17.8 Å². The van der Waals surface area contributed by atoms with Gasteiger partial charge in [-0.25, -0.2) is 4.98 Å². The second-order valence-electron chi connectivity index (χ2n) is 5.87. The molecule has 1 amide bonds. The van der Waals surface area contributed by atoms with Crippen molar-refractivity contribution in [2.45, 2.75) is 26.3 Å². The number of amides is 1. The van der Waals surface area contributed by atoms with Gasteiger partial charge in [-0.3, -0.25) is 9.78 Å². The molecule has 0 unspecified atom stereocenters. The van der Waals surface area contributed by atoms with E-state index in [9.17, 15) is 4.79 Å². The molecule has 0 saturated carbocycles. The van der Waals surface area contributed by atoms with E-state index < -0.39 is 0 Å². The molecule has 2 aromatic heterocycles. The number of hydrogen-bond acceptors (Lipinski definition) is 5. The second-order valence-corrected chi connectivity index (χ2v) is 6.96. The third kappa shape index (κ3) is 4.46. The average molecular weight is 367 g/mol. The van der Waals surface area contributed by atoms with Crippen LogP contribution >= 0.6 is 11.3 Å². The molecule has 0 saturated heterocycles. The van der Waals surface area contributed by atoms with Crippen molar-refractivity contribution >= 4 is 17.2 Å². The van der Waals surface area contributed by atoms with E-state index in [-0.39, 0.29) is 5.91 Å². The fraction of sp³-hybridized carbons (Fsp3) is 0.250. The smallest absolute Gasteiger partial charge is 0.263 e. The van der Waals surface area contributed by atoms with Gasteiger partial charge in [0.1, 0.15) is 10.6 Å². The highest BCUT2D eigenvalue weighted by Gasteiger charge is 2.15. The lowest BCUT2D eigenvalue weighted by atomic mass is 10.1. The zero-order valence-corrected chi connectivity index (χ0v) is 15.7. The second kappa shape index (κ2) is 8.58. The molecule has 0 aliphatic rings. The summed E-state index contributed by atoms with van der Waals surface area (Å²) in [5.41, 5.74) is 2.94. The highest BCUT2D eigenvalue weighted by atomic mass is 32.1. The van der Waals surface area contributed by atoms with Crippen LogP contribution in [0, 0.1) is 6.92 Å². The van der Waals surface area contributed by atoms with Crippen molar-refractivity contribution in [3.05, 3.63) is 75.5 Å². The maximum Gasteiger partial charge on any atom is 0.263 e. The van der Waals surface area contributed by atoms with E-state index in [0.717, 1.165) is 34.9 Å². The summed E-state index contributed by atoms with van der Waals surface area (Å²) < 4.78 is 5.32. The maximum absolute atomic E-state index is 12.5. The summed E-state index contributed by atoms with van der Waals surface area (Å²) in [5, 5.41) is 3.93. The van der Waals surface area contributed by atoms with Crippen molar-refractivity contribution in [2.24, 2.45) is 0 Å². The van der Waals surface area contributed by atoms with Gasteiger partial charge in [-0.05, 0) is 37.1 Å². The van der Waals surface area contributed by atoms with Crippen molar-refractivity contribution in [1.82, 2.24) is 15.3 Å². The topological polar surface area (TPSA) is 64.1 Å². The average Bonchev–Trinajstić information content (AvgIpc) is 3.06. The summed E-state index contributed by atoms with van der Waals surface area (Å²) in [4.78, 5) is 21.8. The number of carbonyl (C=O) groups excluding carboxylic acids is 1. The third-order valence-electron chi connectivity index (χ3n) is 4.06. The lowest BCUT2D eigenvalue weighted by Crippen LogP contribution is -2.22. The molecule has 2 heterocycles. The molecule has 0 aliphatic heterocycles. The Morgan fingerprint density at radius 3 is 2.69 bits per heavy atom. The van der Waals surface area contributed by atoms with Crippen molar-refractivity contribution in [2.75, 3.05) is 7.11 Å². The molecule has 0 spiro atoms. The van der Waals surface area contributed by atoms with Gasteiger partial charge in [-0.2, -0.15) is 0 Å². The van der Waals surface area contributed by atoms with E-state index in [1.165, 1.54) is 16.9 Å². The summed E-state index contributed by atoms with van der Waals surface area (Å²) in [6.45, 7) is 2.30. The first-order valence-corrected chi connectivity index (χ1v) is 9.24. The molecule has 6 heteroatoms. The van der Waals surface area contributed by atoms with Crippen LogP contribution in [0.4, 0.5) is 0 Å². The number of thiazole rings is 1. The zero-order valence-electron chi connectivity index (χ0n) is 14.9. The van der Waals surface area contributed by atoms with Gasteiger partial charge in [-0.1, -0.05) is 18.2 Å². The van der Waals surface area contributed by atoms with Crippen molar-refractivity contribution in [3.8, 4) is 5.75 Å². The molecule has 1 N–H and O–H groups in total.